The molecule has 1 fully saturated rings. The van der Waals surface area contributed by atoms with E-state index in [1.165, 1.54) is 12.1 Å². The number of fused-ring (bicyclic) bond motifs is 3. The van der Waals surface area contributed by atoms with Crippen LogP contribution in [0.3, 0.4) is 0 Å². The Kier molecular flexibility index (Phi) is 5.45. The molecule has 0 radical (unpaired) electrons. The lowest BCUT2D eigenvalue weighted by Gasteiger charge is -2.28. The molecule has 4 rings (SSSR count). The fourth-order valence-electron chi connectivity index (χ4n) is 4.68. The molecule has 1 heterocycles. The van der Waals surface area contributed by atoms with Crippen LogP contribution in [0.15, 0.2) is 16.5 Å². The van der Waals surface area contributed by atoms with Crippen molar-refractivity contribution >= 4 is 21.9 Å². The molecule has 0 saturated heterocycles. The molecule has 0 spiro atoms. The third kappa shape index (κ3) is 3.36. The third-order valence-electron chi connectivity index (χ3n) is 6.09. The number of ether oxygens (including phenoxy) is 1. The summed E-state index contributed by atoms with van der Waals surface area (Å²) in [5.41, 5.74) is 0.218. The van der Waals surface area contributed by atoms with E-state index in [4.69, 9.17) is 9.15 Å². The maximum atomic E-state index is 15.0. The van der Waals surface area contributed by atoms with E-state index in [0.717, 1.165) is 38.5 Å². The maximum absolute atomic E-state index is 15.0. The summed E-state index contributed by atoms with van der Waals surface area (Å²) in [5, 5.41) is -0.754. The van der Waals surface area contributed by atoms with E-state index in [2.05, 4.69) is 6.92 Å². The highest BCUT2D eigenvalue weighted by Gasteiger charge is 2.29. The highest BCUT2D eigenvalue weighted by molar-refractivity contribution is 6.06. The summed E-state index contributed by atoms with van der Waals surface area (Å²) in [6.45, 7) is 3.92. The van der Waals surface area contributed by atoms with Crippen molar-refractivity contribution in [1.29, 1.82) is 0 Å². The first-order valence-electron chi connectivity index (χ1n) is 10.3. The topological polar surface area (TPSA) is 22.4 Å². The van der Waals surface area contributed by atoms with Crippen molar-refractivity contribution in [3.63, 3.8) is 0 Å². The predicted octanol–water partition coefficient (Wildman–Crippen LogP) is 7.62. The zero-order chi connectivity index (χ0) is 20.7. The normalized spacial score (nSPS) is 19.9. The van der Waals surface area contributed by atoms with Crippen molar-refractivity contribution in [2.45, 2.75) is 58.3 Å². The Labute approximate surface area is 166 Å². The molecule has 156 valence electrons. The molecule has 0 unspecified atom stereocenters. The Morgan fingerprint density at radius 2 is 1.48 bits per heavy atom. The van der Waals surface area contributed by atoms with Crippen molar-refractivity contribution < 1.29 is 26.7 Å². The van der Waals surface area contributed by atoms with E-state index in [1.807, 2.05) is 0 Å². The second kappa shape index (κ2) is 7.88. The van der Waals surface area contributed by atoms with E-state index in [0.29, 0.717) is 5.92 Å². The van der Waals surface area contributed by atoms with Gasteiger partial charge in [0.2, 0.25) is 5.82 Å². The highest BCUT2D eigenvalue weighted by atomic mass is 19.2. The number of hydrogen-bond acceptors (Lipinski definition) is 2. The predicted molar refractivity (Wildman–Crippen MR) is 104 cm³/mol. The fraction of sp³-hybridized carbons (Fsp3) is 0.478. The van der Waals surface area contributed by atoms with Gasteiger partial charge < -0.3 is 9.15 Å². The summed E-state index contributed by atoms with van der Waals surface area (Å²) in [6, 6.07) is 2.64. The summed E-state index contributed by atoms with van der Waals surface area (Å²) in [5.74, 6) is -4.49. The van der Waals surface area contributed by atoms with Crippen molar-refractivity contribution in [2.24, 2.45) is 5.92 Å². The first-order valence-corrected chi connectivity index (χ1v) is 10.3. The maximum Gasteiger partial charge on any atom is 0.201 e. The molecule has 0 N–H and O–H groups in total. The minimum atomic E-state index is -1.30. The molecule has 3 aromatic rings. The first kappa shape index (κ1) is 20.0. The van der Waals surface area contributed by atoms with E-state index in [1.54, 1.807) is 6.92 Å². The summed E-state index contributed by atoms with van der Waals surface area (Å²) in [4.78, 5) is 0. The molecule has 0 amide bonds. The van der Waals surface area contributed by atoms with Gasteiger partial charge in [-0.2, -0.15) is 4.39 Å². The molecule has 1 saturated carbocycles. The van der Waals surface area contributed by atoms with Gasteiger partial charge in [0, 0.05) is 6.07 Å². The van der Waals surface area contributed by atoms with Gasteiger partial charge in [-0.1, -0.05) is 19.8 Å². The summed E-state index contributed by atoms with van der Waals surface area (Å²) < 4.78 is 69.5. The molecule has 29 heavy (non-hydrogen) atoms. The molecule has 2 aromatic carbocycles. The van der Waals surface area contributed by atoms with Gasteiger partial charge in [-0.15, -0.1) is 0 Å². The molecular formula is C23H24F4O2. The van der Waals surface area contributed by atoms with E-state index in [9.17, 15) is 17.6 Å². The molecule has 2 nitrogen and oxygen atoms in total. The van der Waals surface area contributed by atoms with Crippen LogP contribution >= 0.6 is 0 Å². The quantitative estimate of drug-likeness (QED) is 0.405. The number of rotatable bonds is 5. The molecule has 0 bridgehead atoms. The monoisotopic (exact) mass is 408 g/mol. The minimum absolute atomic E-state index is 0.0246. The lowest BCUT2D eigenvalue weighted by molar-refractivity contribution is 0.303. The Morgan fingerprint density at radius 3 is 2.10 bits per heavy atom. The minimum Gasteiger partial charge on any atom is -0.491 e. The van der Waals surface area contributed by atoms with Crippen LogP contribution in [-0.4, -0.2) is 6.61 Å². The first-order chi connectivity index (χ1) is 14.0. The number of halogens is 4. The van der Waals surface area contributed by atoms with Gasteiger partial charge in [-0.05, 0) is 56.1 Å². The van der Waals surface area contributed by atoms with Gasteiger partial charge in [-0.25, -0.2) is 13.2 Å². The molecule has 1 aliphatic carbocycles. The van der Waals surface area contributed by atoms with Crippen molar-refractivity contribution in [1.82, 2.24) is 0 Å². The fourth-order valence-corrected chi connectivity index (χ4v) is 4.68. The Balaban J connectivity index is 1.81. The second-order valence-corrected chi connectivity index (χ2v) is 7.88. The lowest BCUT2D eigenvalue weighted by Crippen LogP contribution is -2.14. The van der Waals surface area contributed by atoms with Gasteiger partial charge in [-0.3, -0.25) is 0 Å². The molecule has 0 aliphatic heterocycles. The number of hydrogen-bond donors (Lipinski definition) is 0. The lowest BCUT2D eigenvalue weighted by atomic mass is 9.77. The van der Waals surface area contributed by atoms with Gasteiger partial charge in [0.1, 0.15) is 11.2 Å². The summed E-state index contributed by atoms with van der Waals surface area (Å²) in [6.07, 6.45) is 5.80. The molecule has 0 atom stereocenters. The summed E-state index contributed by atoms with van der Waals surface area (Å²) >= 11 is 0. The molecular weight excluding hydrogens is 384 g/mol. The largest absolute Gasteiger partial charge is 0.491 e. The smallest absolute Gasteiger partial charge is 0.201 e. The van der Waals surface area contributed by atoms with Gasteiger partial charge in [0.25, 0.3) is 0 Å². The van der Waals surface area contributed by atoms with E-state index < -0.39 is 28.7 Å². The van der Waals surface area contributed by atoms with Crippen molar-refractivity contribution in [3.8, 4) is 5.75 Å². The Morgan fingerprint density at radius 1 is 0.862 bits per heavy atom. The summed E-state index contributed by atoms with van der Waals surface area (Å²) in [7, 11) is 0. The average molecular weight is 408 g/mol. The third-order valence-corrected chi connectivity index (χ3v) is 6.09. The average Bonchev–Trinajstić information content (AvgIpc) is 3.08. The second-order valence-electron chi connectivity index (χ2n) is 7.88. The van der Waals surface area contributed by atoms with Gasteiger partial charge in [0.15, 0.2) is 23.2 Å². The van der Waals surface area contributed by atoms with Crippen molar-refractivity contribution in [2.75, 3.05) is 6.61 Å². The molecule has 6 heteroatoms. The zero-order valence-corrected chi connectivity index (χ0v) is 16.6. The molecule has 1 aromatic heterocycles. The van der Waals surface area contributed by atoms with Gasteiger partial charge in [0.05, 0.1) is 17.4 Å². The van der Waals surface area contributed by atoms with Gasteiger partial charge >= 0.3 is 0 Å². The van der Waals surface area contributed by atoms with Crippen molar-refractivity contribution in [3.05, 3.63) is 41.0 Å². The Hall–Kier alpha value is -2.24. The molecule has 1 aliphatic rings. The number of benzene rings is 2. The zero-order valence-electron chi connectivity index (χ0n) is 16.6. The van der Waals surface area contributed by atoms with Crippen LogP contribution in [0, 0.1) is 29.2 Å². The van der Waals surface area contributed by atoms with Crippen LogP contribution in [0.25, 0.3) is 21.9 Å². The standard InChI is InChI=1S/C23H24F4O2/c1-3-5-12-6-8-13(9-7-12)14-10-15-18(22(26)20(14)24)19-16(29-15)11-17(28-4-2)21(25)23(19)27/h10-13H,3-9H2,1-2H3. The number of furan rings is 1. The van der Waals surface area contributed by atoms with Crippen LogP contribution in [0.5, 0.6) is 5.75 Å². The van der Waals surface area contributed by atoms with E-state index >= 15 is 0 Å². The highest BCUT2D eigenvalue weighted by Crippen LogP contribution is 2.43. The Bertz CT molecular complexity index is 1050. The van der Waals surface area contributed by atoms with Crippen LogP contribution < -0.4 is 4.74 Å². The van der Waals surface area contributed by atoms with Crippen LogP contribution in [-0.2, 0) is 0 Å². The van der Waals surface area contributed by atoms with Crippen LogP contribution in [0.4, 0.5) is 17.6 Å². The van der Waals surface area contributed by atoms with E-state index in [-0.39, 0.29) is 40.4 Å². The van der Waals surface area contributed by atoms with Crippen LogP contribution in [0.2, 0.25) is 0 Å². The van der Waals surface area contributed by atoms with Crippen LogP contribution in [0.1, 0.15) is 63.9 Å². The SMILES string of the molecule is CCCC1CCC(c2cc3oc4cc(OCC)c(F)c(F)c4c3c(F)c2F)CC1.